The molecule has 3 rings (SSSR count). The van der Waals surface area contributed by atoms with Crippen LogP contribution in [0.15, 0.2) is 84.6 Å². The van der Waals surface area contributed by atoms with Crippen LogP contribution in [0.2, 0.25) is 0 Å². The molecule has 0 saturated heterocycles. The van der Waals surface area contributed by atoms with E-state index in [2.05, 4.69) is 31.4 Å². The molecule has 0 aliphatic heterocycles. The number of nitro groups is 1. The van der Waals surface area contributed by atoms with Crippen molar-refractivity contribution in [2.75, 3.05) is 5.32 Å². The highest BCUT2D eigenvalue weighted by Crippen LogP contribution is 2.22. The summed E-state index contributed by atoms with van der Waals surface area (Å²) in [6, 6.07) is 21.8. The lowest BCUT2D eigenvalue weighted by Gasteiger charge is -2.19. The van der Waals surface area contributed by atoms with Crippen LogP contribution in [0.5, 0.6) is 0 Å². The molecule has 0 unspecified atom stereocenters. The van der Waals surface area contributed by atoms with Crippen LogP contribution in [0, 0.1) is 10.1 Å². The molecule has 0 aliphatic carbocycles. The molecule has 0 saturated carbocycles. The number of rotatable bonds is 6. The number of benzene rings is 3. The Morgan fingerprint density at radius 1 is 0.909 bits per heavy atom. The summed E-state index contributed by atoms with van der Waals surface area (Å²) in [4.78, 5) is 36.5. The summed E-state index contributed by atoms with van der Waals surface area (Å²) < 4.78 is 0. The molecule has 0 bridgehead atoms. The van der Waals surface area contributed by atoms with Gasteiger partial charge in [-0.15, -0.1) is 0 Å². The molecule has 7 heteroatoms. The number of para-hydroxylation sites is 1. The van der Waals surface area contributed by atoms with Gasteiger partial charge in [0.25, 0.3) is 17.5 Å². The number of carbonyl (C=O) groups excluding carboxylic acids is 2. The van der Waals surface area contributed by atoms with Gasteiger partial charge < -0.3 is 10.6 Å². The van der Waals surface area contributed by atoms with Gasteiger partial charge in [-0.3, -0.25) is 19.7 Å². The van der Waals surface area contributed by atoms with E-state index in [-0.39, 0.29) is 16.8 Å². The largest absolute Gasteiger partial charge is 0.321 e. The monoisotopic (exact) mass is 443 g/mol. The summed E-state index contributed by atoms with van der Waals surface area (Å²) in [5, 5.41) is 16.5. The first-order valence-corrected chi connectivity index (χ1v) is 10.4. The van der Waals surface area contributed by atoms with E-state index in [0.717, 1.165) is 5.56 Å². The van der Waals surface area contributed by atoms with Crippen LogP contribution in [-0.2, 0) is 10.2 Å². The third-order valence-electron chi connectivity index (χ3n) is 4.93. The second-order valence-electron chi connectivity index (χ2n) is 8.51. The standard InChI is InChI=1S/C26H25N3O4/c1-26(2,3)20-14-12-19(13-15-20)24(30)28-23(25(31)27-21-9-5-4-6-10-21)17-18-8-7-11-22(16-18)29(32)33/h4-17H,1-3H3,(H,27,31)(H,28,30). The molecule has 168 valence electrons. The van der Waals surface area contributed by atoms with E-state index in [4.69, 9.17) is 0 Å². The van der Waals surface area contributed by atoms with Crippen LogP contribution >= 0.6 is 0 Å². The van der Waals surface area contributed by atoms with Crippen LogP contribution < -0.4 is 10.6 Å². The normalized spacial score (nSPS) is 11.5. The number of nitrogens with zero attached hydrogens (tertiary/aromatic N) is 1. The van der Waals surface area contributed by atoms with E-state index in [0.29, 0.717) is 16.8 Å². The zero-order valence-electron chi connectivity index (χ0n) is 18.7. The minimum atomic E-state index is -0.549. The lowest BCUT2D eigenvalue weighted by molar-refractivity contribution is -0.384. The fraction of sp³-hybridized carbons (Fsp3) is 0.154. The molecule has 0 aliphatic rings. The van der Waals surface area contributed by atoms with Crippen molar-refractivity contribution >= 4 is 29.3 Å². The molecule has 3 aromatic carbocycles. The Morgan fingerprint density at radius 2 is 1.58 bits per heavy atom. The van der Waals surface area contributed by atoms with Gasteiger partial charge >= 0.3 is 0 Å². The summed E-state index contributed by atoms with van der Waals surface area (Å²) in [5.41, 5.74) is 2.22. The van der Waals surface area contributed by atoms with Gasteiger partial charge in [-0.25, -0.2) is 0 Å². The molecule has 0 heterocycles. The average Bonchev–Trinajstić information content (AvgIpc) is 2.79. The first-order valence-electron chi connectivity index (χ1n) is 10.4. The Hall–Kier alpha value is -4.26. The van der Waals surface area contributed by atoms with Crippen molar-refractivity contribution in [2.24, 2.45) is 0 Å². The second-order valence-corrected chi connectivity index (χ2v) is 8.51. The lowest BCUT2D eigenvalue weighted by atomic mass is 9.87. The van der Waals surface area contributed by atoms with Crippen LogP contribution in [0.4, 0.5) is 11.4 Å². The smallest absolute Gasteiger partial charge is 0.272 e. The molecule has 0 spiro atoms. The van der Waals surface area contributed by atoms with Gasteiger partial charge in [-0.2, -0.15) is 0 Å². The van der Waals surface area contributed by atoms with E-state index in [1.807, 2.05) is 18.2 Å². The summed E-state index contributed by atoms with van der Waals surface area (Å²) in [5.74, 6) is -1.01. The highest BCUT2D eigenvalue weighted by Gasteiger charge is 2.18. The predicted molar refractivity (Wildman–Crippen MR) is 129 cm³/mol. The van der Waals surface area contributed by atoms with Crippen molar-refractivity contribution < 1.29 is 14.5 Å². The number of nitro benzene ring substituents is 1. The number of carbonyl (C=O) groups is 2. The first kappa shape index (κ1) is 23.4. The zero-order chi connectivity index (χ0) is 24.0. The SMILES string of the molecule is CC(C)(C)c1ccc(C(=O)NC(=Cc2cccc([N+](=O)[O-])c2)C(=O)Nc2ccccc2)cc1. The Kier molecular flexibility index (Phi) is 7.03. The van der Waals surface area contributed by atoms with Crippen LogP contribution in [0.3, 0.4) is 0 Å². The van der Waals surface area contributed by atoms with Gasteiger partial charge in [-0.05, 0) is 46.9 Å². The maximum absolute atomic E-state index is 13.0. The molecule has 7 nitrogen and oxygen atoms in total. The summed E-state index contributed by atoms with van der Waals surface area (Å²) in [7, 11) is 0. The number of anilines is 1. The van der Waals surface area contributed by atoms with E-state index in [9.17, 15) is 19.7 Å². The Balaban J connectivity index is 1.91. The minimum Gasteiger partial charge on any atom is -0.321 e. The fourth-order valence-electron chi connectivity index (χ4n) is 3.09. The molecule has 0 atom stereocenters. The Morgan fingerprint density at radius 3 is 2.18 bits per heavy atom. The maximum Gasteiger partial charge on any atom is 0.272 e. The van der Waals surface area contributed by atoms with E-state index >= 15 is 0 Å². The highest BCUT2D eigenvalue weighted by molar-refractivity contribution is 6.10. The molecule has 0 radical (unpaired) electrons. The Labute approximate surface area is 192 Å². The minimum absolute atomic E-state index is 0.0377. The van der Waals surface area contributed by atoms with Gasteiger partial charge in [-0.1, -0.05) is 63.2 Å². The van der Waals surface area contributed by atoms with Gasteiger partial charge in [0.05, 0.1) is 4.92 Å². The molecule has 2 N–H and O–H groups in total. The molecule has 33 heavy (non-hydrogen) atoms. The van der Waals surface area contributed by atoms with Gasteiger partial charge in [0, 0.05) is 23.4 Å². The van der Waals surface area contributed by atoms with E-state index in [1.165, 1.54) is 24.3 Å². The molecular formula is C26H25N3O4. The zero-order valence-corrected chi connectivity index (χ0v) is 18.7. The van der Waals surface area contributed by atoms with Crippen molar-refractivity contribution in [2.45, 2.75) is 26.2 Å². The van der Waals surface area contributed by atoms with Gasteiger partial charge in [0.2, 0.25) is 0 Å². The first-order chi connectivity index (χ1) is 15.6. The van der Waals surface area contributed by atoms with E-state index < -0.39 is 16.7 Å². The topological polar surface area (TPSA) is 101 Å². The lowest BCUT2D eigenvalue weighted by Crippen LogP contribution is -2.30. The van der Waals surface area contributed by atoms with Crippen LogP contribution in [-0.4, -0.2) is 16.7 Å². The number of hydrogen-bond acceptors (Lipinski definition) is 4. The van der Waals surface area contributed by atoms with Gasteiger partial charge in [0.1, 0.15) is 5.70 Å². The number of non-ortho nitro benzene ring substituents is 1. The number of hydrogen-bond donors (Lipinski definition) is 2. The number of amides is 2. The van der Waals surface area contributed by atoms with Crippen molar-refractivity contribution in [3.05, 3.63) is 111 Å². The summed E-state index contributed by atoms with van der Waals surface area (Å²) in [6.07, 6.45) is 1.41. The van der Waals surface area contributed by atoms with Crippen molar-refractivity contribution in [3.63, 3.8) is 0 Å². The maximum atomic E-state index is 13.0. The molecule has 2 amide bonds. The molecule has 0 aromatic heterocycles. The fourth-order valence-corrected chi connectivity index (χ4v) is 3.09. The average molecular weight is 444 g/mol. The third-order valence-corrected chi connectivity index (χ3v) is 4.93. The summed E-state index contributed by atoms with van der Waals surface area (Å²) >= 11 is 0. The quantitative estimate of drug-likeness (QED) is 0.306. The van der Waals surface area contributed by atoms with E-state index in [1.54, 1.807) is 42.5 Å². The van der Waals surface area contributed by atoms with Crippen molar-refractivity contribution in [1.29, 1.82) is 0 Å². The van der Waals surface area contributed by atoms with Crippen LogP contribution in [0.25, 0.3) is 6.08 Å². The number of nitrogens with one attached hydrogen (secondary N) is 2. The molecule has 3 aromatic rings. The third kappa shape index (κ3) is 6.36. The second kappa shape index (κ2) is 9.91. The summed E-state index contributed by atoms with van der Waals surface area (Å²) in [6.45, 7) is 6.24. The van der Waals surface area contributed by atoms with Gasteiger partial charge in [0.15, 0.2) is 0 Å². The highest BCUT2D eigenvalue weighted by atomic mass is 16.6. The van der Waals surface area contributed by atoms with Crippen molar-refractivity contribution in [3.8, 4) is 0 Å². The Bertz CT molecular complexity index is 1190. The molecular weight excluding hydrogens is 418 g/mol. The van der Waals surface area contributed by atoms with Crippen LogP contribution in [0.1, 0.15) is 42.3 Å². The van der Waals surface area contributed by atoms with Crippen molar-refractivity contribution in [1.82, 2.24) is 5.32 Å². The predicted octanol–water partition coefficient (Wildman–Crippen LogP) is 5.30. The molecule has 0 fully saturated rings.